The fourth-order valence-corrected chi connectivity index (χ4v) is 4.37. The van der Waals surface area contributed by atoms with E-state index in [1.807, 2.05) is 13.8 Å². The van der Waals surface area contributed by atoms with Crippen molar-refractivity contribution in [2.75, 3.05) is 0 Å². The lowest BCUT2D eigenvalue weighted by Gasteiger charge is -2.34. The van der Waals surface area contributed by atoms with Gasteiger partial charge in [0.15, 0.2) is 17.0 Å². The van der Waals surface area contributed by atoms with Gasteiger partial charge in [-0.25, -0.2) is 0 Å². The van der Waals surface area contributed by atoms with E-state index in [0.717, 1.165) is 37.3 Å². The zero-order chi connectivity index (χ0) is 23.0. The molecule has 0 spiro atoms. The van der Waals surface area contributed by atoms with Gasteiger partial charge in [0.05, 0.1) is 0 Å². The molecule has 3 nitrogen and oxygen atoms in total. The van der Waals surface area contributed by atoms with Crippen LogP contribution in [0.2, 0.25) is 0 Å². The van der Waals surface area contributed by atoms with Crippen molar-refractivity contribution in [2.45, 2.75) is 105 Å². The van der Waals surface area contributed by atoms with Gasteiger partial charge < -0.3 is 0 Å². The van der Waals surface area contributed by atoms with Crippen molar-refractivity contribution in [1.82, 2.24) is 0 Å². The summed E-state index contributed by atoms with van der Waals surface area (Å²) in [6, 6.07) is 0. The molecule has 0 heterocycles. The molecular weight excluding hydrogens is 372 g/mol. The smallest absolute Gasteiger partial charge is 0.221 e. The summed E-state index contributed by atoms with van der Waals surface area (Å²) in [5.74, 6) is -0.671. The third-order valence-corrected chi connectivity index (χ3v) is 6.22. The van der Waals surface area contributed by atoms with E-state index in [0.29, 0.717) is 6.42 Å². The maximum atomic E-state index is 12.5. The number of unbranched alkanes of at least 4 members (excludes halogenated alkanes) is 9. The zero-order valence-electron chi connectivity index (χ0n) is 20.0. The monoisotopic (exact) mass is 417 g/mol. The second-order valence-electron chi connectivity index (χ2n) is 9.40. The van der Waals surface area contributed by atoms with Crippen LogP contribution in [0.4, 0.5) is 0 Å². The fourth-order valence-electron chi connectivity index (χ4n) is 4.37. The highest BCUT2D eigenvalue weighted by molar-refractivity contribution is 6.25. The maximum absolute atomic E-state index is 12.5. The van der Waals surface area contributed by atoms with E-state index in [-0.39, 0.29) is 11.8 Å². The molecule has 0 saturated heterocycles. The molecule has 0 amide bonds. The van der Waals surface area contributed by atoms with Crippen LogP contribution >= 0.6 is 0 Å². The van der Waals surface area contributed by atoms with Crippen molar-refractivity contribution < 1.29 is 14.4 Å². The molecule has 1 radical (unpaired) electrons. The van der Waals surface area contributed by atoms with Gasteiger partial charge in [0.25, 0.3) is 0 Å². The SMILES string of the molecule is C=CC(=O)C([C]=O)(C(=O)C=C)C(CCCCCCCCCCCCC(C)C)C(C)C. The summed E-state index contributed by atoms with van der Waals surface area (Å²) >= 11 is 0. The number of allylic oxidation sites excluding steroid dienone is 2. The van der Waals surface area contributed by atoms with Crippen LogP contribution in [0.5, 0.6) is 0 Å². The van der Waals surface area contributed by atoms with Gasteiger partial charge in [0.1, 0.15) is 0 Å². The number of ketones is 2. The molecule has 171 valence electrons. The van der Waals surface area contributed by atoms with Gasteiger partial charge in [0.2, 0.25) is 6.29 Å². The summed E-state index contributed by atoms with van der Waals surface area (Å²) in [6.45, 7) is 15.4. The molecule has 0 aromatic carbocycles. The highest BCUT2D eigenvalue weighted by Gasteiger charge is 2.51. The van der Waals surface area contributed by atoms with Crippen LogP contribution in [0.1, 0.15) is 105 Å². The van der Waals surface area contributed by atoms with Crippen molar-refractivity contribution >= 4 is 17.9 Å². The van der Waals surface area contributed by atoms with E-state index in [2.05, 4.69) is 27.0 Å². The molecule has 0 aliphatic carbocycles. The molecule has 0 aliphatic rings. The van der Waals surface area contributed by atoms with Gasteiger partial charge in [-0.1, -0.05) is 111 Å². The molecule has 0 fully saturated rings. The highest BCUT2D eigenvalue weighted by atomic mass is 16.2. The lowest BCUT2D eigenvalue weighted by atomic mass is 9.64. The lowest BCUT2D eigenvalue weighted by Crippen LogP contribution is -2.47. The van der Waals surface area contributed by atoms with Gasteiger partial charge >= 0.3 is 0 Å². The predicted octanol–water partition coefficient (Wildman–Crippen LogP) is 7.20. The molecule has 0 aliphatic heterocycles. The Labute approximate surface area is 185 Å². The Morgan fingerprint density at radius 1 is 0.733 bits per heavy atom. The summed E-state index contributed by atoms with van der Waals surface area (Å²) in [7, 11) is 0. The van der Waals surface area contributed by atoms with Crippen LogP contribution in [0.15, 0.2) is 25.3 Å². The summed E-state index contributed by atoms with van der Waals surface area (Å²) in [4.78, 5) is 36.8. The Bertz CT molecular complexity index is 510. The first-order valence-corrected chi connectivity index (χ1v) is 12.0. The third-order valence-electron chi connectivity index (χ3n) is 6.22. The molecule has 0 saturated carbocycles. The second kappa shape index (κ2) is 16.2. The molecule has 0 N–H and O–H groups in total. The highest BCUT2D eigenvalue weighted by Crippen LogP contribution is 2.38. The normalized spacial score (nSPS) is 12.7. The van der Waals surface area contributed by atoms with Crippen LogP contribution in [-0.4, -0.2) is 17.9 Å². The minimum Gasteiger partial charge on any atom is -0.293 e. The predicted molar refractivity (Wildman–Crippen MR) is 127 cm³/mol. The second-order valence-corrected chi connectivity index (χ2v) is 9.40. The van der Waals surface area contributed by atoms with Gasteiger partial charge in [0, 0.05) is 0 Å². The van der Waals surface area contributed by atoms with Crippen LogP contribution in [0, 0.1) is 23.2 Å². The average molecular weight is 418 g/mol. The van der Waals surface area contributed by atoms with Crippen molar-refractivity contribution in [3.05, 3.63) is 25.3 Å². The summed E-state index contributed by atoms with van der Waals surface area (Å²) in [5.41, 5.74) is -1.78. The first-order valence-electron chi connectivity index (χ1n) is 12.0. The molecular formula is C27H45O3. The van der Waals surface area contributed by atoms with E-state index in [9.17, 15) is 14.4 Å². The Balaban J connectivity index is 4.35. The average Bonchev–Trinajstić information content (AvgIpc) is 2.72. The summed E-state index contributed by atoms with van der Waals surface area (Å²) < 4.78 is 0. The molecule has 1 unspecified atom stereocenters. The van der Waals surface area contributed by atoms with Crippen molar-refractivity contribution in [2.24, 2.45) is 23.2 Å². The van der Waals surface area contributed by atoms with Gasteiger partial charge in [-0.15, -0.1) is 0 Å². The lowest BCUT2D eigenvalue weighted by molar-refractivity contribution is -0.135. The Morgan fingerprint density at radius 2 is 1.10 bits per heavy atom. The van der Waals surface area contributed by atoms with Crippen molar-refractivity contribution in [3.63, 3.8) is 0 Å². The quantitative estimate of drug-likeness (QED) is 0.119. The number of carbonyl (C=O) groups excluding carboxylic acids is 3. The molecule has 0 rings (SSSR count). The Kier molecular flexibility index (Phi) is 15.4. The van der Waals surface area contributed by atoms with Crippen molar-refractivity contribution in [1.29, 1.82) is 0 Å². The largest absolute Gasteiger partial charge is 0.293 e. The molecule has 3 heteroatoms. The van der Waals surface area contributed by atoms with E-state index in [1.54, 1.807) is 6.29 Å². The van der Waals surface area contributed by atoms with Crippen LogP contribution in [0.25, 0.3) is 0 Å². The Hall–Kier alpha value is -1.51. The first-order chi connectivity index (χ1) is 14.3. The van der Waals surface area contributed by atoms with Gasteiger partial charge in [-0.2, -0.15) is 0 Å². The summed E-state index contributed by atoms with van der Waals surface area (Å²) in [5, 5.41) is 0. The maximum Gasteiger partial charge on any atom is 0.221 e. The minimum absolute atomic E-state index is 0.00921. The topological polar surface area (TPSA) is 51.2 Å². The molecule has 1 atom stereocenters. The summed E-state index contributed by atoms with van der Waals surface area (Å²) in [6.07, 6.45) is 18.3. The third kappa shape index (κ3) is 9.53. The fraction of sp³-hybridized carbons (Fsp3) is 0.741. The van der Waals surface area contributed by atoms with Gasteiger partial charge in [-0.3, -0.25) is 14.4 Å². The van der Waals surface area contributed by atoms with Crippen LogP contribution < -0.4 is 0 Å². The van der Waals surface area contributed by atoms with Crippen LogP contribution in [0.3, 0.4) is 0 Å². The van der Waals surface area contributed by atoms with E-state index >= 15 is 0 Å². The van der Waals surface area contributed by atoms with E-state index in [4.69, 9.17) is 0 Å². The van der Waals surface area contributed by atoms with E-state index < -0.39 is 17.0 Å². The van der Waals surface area contributed by atoms with Gasteiger partial charge in [-0.05, 0) is 36.3 Å². The number of hydrogen-bond acceptors (Lipinski definition) is 3. The molecule has 0 bridgehead atoms. The number of carbonyl (C=O) groups is 2. The molecule has 0 aromatic heterocycles. The number of rotatable bonds is 20. The molecule has 30 heavy (non-hydrogen) atoms. The molecule has 0 aromatic rings. The standard InChI is InChI=1S/C27H45O3/c1-7-25(29)27(21-28,26(30)8-2)24(23(5)6)20-18-16-14-12-10-9-11-13-15-17-19-22(3)4/h7-8,22-24H,1-2,9-20H2,3-6H3. The Morgan fingerprint density at radius 3 is 1.40 bits per heavy atom. The van der Waals surface area contributed by atoms with E-state index in [1.165, 1.54) is 51.4 Å². The van der Waals surface area contributed by atoms with Crippen molar-refractivity contribution in [3.8, 4) is 0 Å². The zero-order valence-corrected chi connectivity index (χ0v) is 20.0. The minimum atomic E-state index is -1.78. The first kappa shape index (κ1) is 28.5. The number of hydrogen-bond donors (Lipinski definition) is 0. The van der Waals surface area contributed by atoms with Crippen LogP contribution in [-0.2, 0) is 14.4 Å².